The molecule has 0 saturated heterocycles. The first kappa shape index (κ1) is 16.4. The van der Waals surface area contributed by atoms with Crippen LogP contribution in [0, 0.1) is 0 Å². The number of nitrogens with two attached hydrogens (primary N) is 1. The predicted octanol–water partition coefficient (Wildman–Crippen LogP) is 2.67. The highest BCUT2D eigenvalue weighted by atomic mass is 16.5. The lowest BCUT2D eigenvalue weighted by Gasteiger charge is -2.12. The Kier molecular flexibility index (Phi) is 5.99. The standard InChI is InChI=1S/C17H19N3O3/c1-2-22-16-10-14(11-19-20-17(18)21)8-9-15(16)23-12-13-6-4-3-5-7-13/h3-11H,2,12H2,1H3,(H3,18,20,21)/b19-11-. The molecule has 0 unspecified atom stereocenters. The van der Waals surface area contributed by atoms with Crippen molar-refractivity contribution >= 4 is 12.2 Å². The monoisotopic (exact) mass is 313 g/mol. The molecule has 0 radical (unpaired) electrons. The number of carbonyl (C=O) groups excluding carboxylic acids is 1. The summed E-state index contributed by atoms with van der Waals surface area (Å²) in [6.45, 7) is 2.87. The van der Waals surface area contributed by atoms with Gasteiger partial charge in [0.1, 0.15) is 6.61 Å². The smallest absolute Gasteiger partial charge is 0.332 e. The van der Waals surface area contributed by atoms with Gasteiger partial charge < -0.3 is 15.2 Å². The Morgan fingerprint density at radius 2 is 1.96 bits per heavy atom. The lowest BCUT2D eigenvalue weighted by Crippen LogP contribution is -2.24. The van der Waals surface area contributed by atoms with Crippen LogP contribution in [0.5, 0.6) is 11.5 Å². The first-order valence-corrected chi connectivity index (χ1v) is 7.21. The minimum absolute atomic E-state index is 0.456. The molecule has 2 aromatic carbocycles. The normalized spacial score (nSPS) is 10.5. The number of nitrogens with zero attached hydrogens (tertiary/aromatic N) is 1. The van der Waals surface area contributed by atoms with Crippen LogP contribution >= 0.6 is 0 Å². The maximum absolute atomic E-state index is 10.6. The number of hydrogen-bond acceptors (Lipinski definition) is 4. The minimum atomic E-state index is -0.714. The average Bonchev–Trinajstić information content (AvgIpc) is 2.55. The van der Waals surface area contributed by atoms with E-state index in [4.69, 9.17) is 15.2 Å². The minimum Gasteiger partial charge on any atom is -0.490 e. The molecule has 0 aromatic heterocycles. The molecule has 0 aliphatic rings. The van der Waals surface area contributed by atoms with Crippen LogP contribution in [0.15, 0.2) is 53.6 Å². The predicted molar refractivity (Wildman–Crippen MR) is 88.7 cm³/mol. The first-order chi connectivity index (χ1) is 11.2. The summed E-state index contributed by atoms with van der Waals surface area (Å²) in [6, 6.07) is 14.6. The quantitative estimate of drug-likeness (QED) is 0.608. The Morgan fingerprint density at radius 3 is 2.65 bits per heavy atom. The summed E-state index contributed by atoms with van der Waals surface area (Å²) in [5.41, 5.74) is 8.92. The topological polar surface area (TPSA) is 85.9 Å². The van der Waals surface area contributed by atoms with Crippen molar-refractivity contribution in [3.05, 3.63) is 59.7 Å². The third-order valence-electron chi connectivity index (χ3n) is 2.89. The number of carbonyl (C=O) groups is 1. The molecule has 120 valence electrons. The van der Waals surface area contributed by atoms with E-state index < -0.39 is 6.03 Å². The third kappa shape index (κ3) is 5.35. The van der Waals surface area contributed by atoms with E-state index in [1.54, 1.807) is 12.1 Å². The Bertz CT molecular complexity index is 672. The second-order valence-electron chi connectivity index (χ2n) is 4.65. The molecule has 2 aromatic rings. The zero-order valence-corrected chi connectivity index (χ0v) is 12.9. The molecule has 23 heavy (non-hydrogen) atoms. The second kappa shape index (κ2) is 8.43. The molecule has 6 nitrogen and oxygen atoms in total. The van der Waals surface area contributed by atoms with Crippen molar-refractivity contribution < 1.29 is 14.3 Å². The van der Waals surface area contributed by atoms with Gasteiger partial charge in [-0.05, 0) is 36.2 Å². The van der Waals surface area contributed by atoms with Crippen LogP contribution in [0.25, 0.3) is 0 Å². The summed E-state index contributed by atoms with van der Waals surface area (Å²) < 4.78 is 11.4. The van der Waals surface area contributed by atoms with Crippen LogP contribution in [-0.4, -0.2) is 18.9 Å². The van der Waals surface area contributed by atoms with Crippen LogP contribution in [0.2, 0.25) is 0 Å². The second-order valence-corrected chi connectivity index (χ2v) is 4.65. The van der Waals surface area contributed by atoms with Gasteiger partial charge in [-0.25, -0.2) is 10.2 Å². The van der Waals surface area contributed by atoms with Crippen LogP contribution in [0.3, 0.4) is 0 Å². The molecule has 0 saturated carbocycles. The maximum atomic E-state index is 10.6. The Hall–Kier alpha value is -3.02. The van der Waals surface area contributed by atoms with E-state index in [1.807, 2.05) is 43.3 Å². The fourth-order valence-corrected chi connectivity index (χ4v) is 1.90. The molecule has 6 heteroatoms. The molecule has 0 heterocycles. The number of hydrazone groups is 1. The lowest BCUT2D eigenvalue weighted by atomic mass is 10.2. The summed E-state index contributed by atoms with van der Waals surface area (Å²) in [7, 11) is 0. The van der Waals surface area contributed by atoms with Gasteiger partial charge in [0.15, 0.2) is 11.5 Å². The number of primary amides is 1. The first-order valence-electron chi connectivity index (χ1n) is 7.21. The molecule has 2 rings (SSSR count). The molecule has 2 amide bonds. The largest absolute Gasteiger partial charge is 0.490 e. The summed E-state index contributed by atoms with van der Waals surface area (Å²) >= 11 is 0. The van der Waals surface area contributed by atoms with Gasteiger partial charge in [-0.2, -0.15) is 5.10 Å². The molecular weight excluding hydrogens is 294 g/mol. The maximum Gasteiger partial charge on any atom is 0.332 e. The molecule has 0 aliphatic heterocycles. The lowest BCUT2D eigenvalue weighted by molar-refractivity contribution is 0.249. The molecule has 0 fully saturated rings. The van der Waals surface area contributed by atoms with Crippen LogP contribution in [0.1, 0.15) is 18.1 Å². The Balaban J connectivity index is 2.09. The third-order valence-corrected chi connectivity index (χ3v) is 2.89. The van der Waals surface area contributed by atoms with Crippen molar-refractivity contribution in [2.75, 3.05) is 6.61 Å². The molecule has 0 bridgehead atoms. The number of nitrogens with one attached hydrogen (secondary N) is 1. The van der Waals surface area contributed by atoms with Gasteiger partial charge in [0.2, 0.25) is 0 Å². The van der Waals surface area contributed by atoms with Crippen LogP contribution < -0.4 is 20.6 Å². The van der Waals surface area contributed by atoms with Gasteiger partial charge in [-0.3, -0.25) is 0 Å². The van der Waals surface area contributed by atoms with Crippen molar-refractivity contribution in [3.8, 4) is 11.5 Å². The van der Waals surface area contributed by atoms with Crippen LogP contribution in [0.4, 0.5) is 4.79 Å². The van der Waals surface area contributed by atoms with E-state index in [1.165, 1.54) is 6.21 Å². The summed E-state index contributed by atoms with van der Waals surface area (Å²) in [5, 5.41) is 3.72. The molecule has 0 spiro atoms. The van der Waals surface area contributed by atoms with Gasteiger partial charge >= 0.3 is 6.03 Å². The number of urea groups is 1. The van der Waals surface area contributed by atoms with E-state index in [9.17, 15) is 4.79 Å². The molecule has 0 atom stereocenters. The summed E-state index contributed by atoms with van der Waals surface area (Å²) in [6.07, 6.45) is 1.48. The Labute approximate surface area is 134 Å². The fourth-order valence-electron chi connectivity index (χ4n) is 1.90. The zero-order chi connectivity index (χ0) is 16.5. The van der Waals surface area contributed by atoms with Crippen molar-refractivity contribution in [2.24, 2.45) is 10.8 Å². The van der Waals surface area contributed by atoms with E-state index in [2.05, 4.69) is 10.5 Å². The zero-order valence-electron chi connectivity index (χ0n) is 12.9. The molecular formula is C17H19N3O3. The van der Waals surface area contributed by atoms with E-state index >= 15 is 0 Å². The van der Waals surface area contributed by atoms with Gasteiger partial charge in [0, 0.05) is 0 Å². The highest BCUT2D eigenvalue weighted by Gasteiger charge is 2.06. The number of amides is 2. The summed E-state index contributed by atoms with van der Waals surface area (Å²) in [5.74, 6) is 1.27. The number of benzene rings is 2. The van der Waals surface area contributed by atoms with E-state index in [-0.39, 0.29) is 0 Å². The van der Waals surface area contributed by atoms with Crippen molar-refractivity contribution in [1.29, 1.82) is 0 Å². The average molecular weight is 313 g/mol. The van der Waals surface area contributed by atoms with Gasteiger partial charge in [0.05, 0.1) is 12.8 Å². The van der Waals surface area contributed by atoms with Crippen molar-refractivity contribution in [1.82, 2.24) is 5.43 Å². The highest BCUT2D eigenvalue weighted by Crippen LogP contribution is 2.28. The number of ether oxygens (including phenoxy) is 2. The molecule has 0 aliphatic carbocycles. The van der Waals surface area contributed by atoms with Crippen molar-refractivity contribution in [3.63, 3.8) is 0 Å². The van der Waals surface area contributed by atoms with Gasteiger partial charge in [0.25, 0.3) is 0 Å². The van der Waals surface area contributed by atoms with Crippen molar-refractivity contribution in [2.45, 2.75) is 13.5 Å². The SMILES string of the molecule is CCOc1cc(/C=N\NC(N)=O)ccc1OCc1ccccc1. The number of rotatable bonds is 7. The van der Waals surface area contributed by atoms with Gasteiger partial charge in [-0.15, -0.1) is 0 Å². The van der Waals surface area contributed by atoms with E-state index in [0.29, 0.717) is 24.7 Å². The van der Waals surface area contributed by atoms with Crippen LogP contribution in [-0.2, 0) is 6.61 Å². The number of hydrogen-bond donors (Lipinski definition) is 2. The highest BCUT2D eigenvalue weighted by molar-refractivity contribution is 5.82. The molecule has 3 N–H and O–H groups in total. The Morgan fingerprint density at radius 1 is 1.17 bits per heavy atom. The van der Waals surface area contributed by atoms with Gasteiger partial charge in [-0.1, -0.05) is 30.3 Å². The van der Waals surface area contributed by atoms with E-state index in [0.717, 1.165) is 11.1 Å². The summed E-state index contributed by atoms with van der Waals surface area (Å²) in [4.78, 5) is 10.6. The fraction of sp³-hybridized carbons (Fsp3) is 0.176.